The van der Waals surface area contributed by atoms with E-state index in [1.165, 1.54) is 0 Å². The van der Waals surface area contributed by atoms with Gasteiger partial charge in [0.05, 0.1) is 0 Å². The van der Waals surface area contributed by atoms with E-state index in [0.717, 1.165) is 9.13 Å². The molecular weight excluding hydrogens is 293 g/mol. The van der Waals surface area contributed by atoms with Crippen molar-refractivity contribution in [2.45, 2.75) is 12.5 Å². The third kappa shape index (κ3) is 3.26. The van der Waals surface area contributed by atoms with Crippen LogP contribution in [0.25, 0.3) is 0 Å². The molecule has 4 heteroatoms. The first-order chi connectivity index (χ1) is 6.63. The standard InChI is InChI=1S/C10H12INO2/c1-12-9(10(13)14)6-7-2-4-8(11)5-3-7/h2-5,9,12H,6H2,1H3,(H,13,14)/t9-/m0/s1. The van der Waals surface area contributed by atoms with Crippen LogP contribution in [0, 0.1) is 3.57 Å². The summed E-state index contributed by atoms with van der Waals surface area (Å²) in [5.41, 5.74) is 1.03. The van der Waals surface area contributed by atoms with Crippen molar-refractivity contribution in [2.24, 2.45) is 0 Å². The van der Waals surface area contributed by atoms with Gasteiger partial charge in [0.2, 0.25) is 0 Å². The van der Waals surface area contributed by atoms with Crippen molar-refractivity contribution in [3.05, 3.63) is 33.4 Å². The van der Waals surface area contributed by atoms with Crippen molar-refractivity contribution in [1.29, 1.82) is 0 Å². The van der Waals surface area contributed by atoms with Crippen molar-refractivity contribution < 1.29 is 9.90 Å². The van der Waals surface area contributed by atoms with Gasteiger partial charge in [-0.15, -0.1) is 0 Å². The van der Waals surface area contributed by atoms with Gasteiger partial charge in [0, 0.05) is 3.57 Å². The number of nitrogens with one attached hydrogen (secondary N) is 1. The average molecular weight is 305 g/mol. The minimum absolute atomic E-state index is 0.505. The number of carbonyl (C=O) groups is 1. The second-order valence-electron chi connectivity index (χ2n) is 3.01. The molecule has 1 aromatic rings. The summed E-state index contributed by atoms with van der Waals surface area (Å²) < 4.78 is 1.16. The molecule has 0 saturated heterocycles. The van der Waals surface area contributed by atoms with Crippen molar-refractivity contribution >= 4 is 28.6 Å². The van der Waals surface area contributed by atoms with E-state index in [4.69, 9.17) is 5.11 Å². The van der Waals surface area contributed by atoms with E-state index in [9.17, 15) is 4.79 Å². The Morgan fingerprint density at radius 1 is 1.50 bits per heavy atom. The van der Waals surface area contributed by atoms with Gasteiger partial charge in [-0.3, -0.25) is 4.79 Å². The molecule has 2 N–H and O–H groups in total. The largest absolute Gasteiger partial charge is 0.480 e. The fraction of sp³-hybridized carbons (Fsp3) is 0.300. The normalized spacial score (nSPS) is 12.4. The van der Waals surface area contributed by atoms with Crippen LogP contribution in [-0.2, 0) is 11.2 Å². The Hall–Kier alpha value is -0.620. The van der Waals surface area contributed by atoms with Crippen molar-refractivity contribution in [3.8, 4) is 0 Å². The van der Waals surface area contributed by atoms with E-state index in [-0.39, 0.29) is 0 Å². The molecule has 0 saturated carbocycles. The molecule has 0 aliphatic rings. The van der Waals surface area contributed by atoms with Crippen LogP contribution in [-0.4, -0.2) is 24.2 Å². The van der Waals surface area contributed by atoms with Crippen LogP contribution in [0.1, 0.15) is 5.56 Å². The summed E-state index contributed by atoms with van der Waals surface area (Å²) in [6.45, 7) is 0. The third-order valence-electron chi connectivity index (χ3n) is 2.00. The molecule has 1 atom stereocenters. The fourth-order valence-corrected chi connectivity index (χ4v) is 1.53. The van der Waals surface area contributed by atoms with E-state index < -0.39 is 12.0 Å². The molecule has 0 heterocycles. The number of benzene rings is 1. The number of carboxylic acid groups (broad SMARTS) is 1. The van der Waals surface area contributed by atoms with Crippen LogP contribution in [0.5, 0.6) is 0 Å². The van der Waals surface area contributed by atoms with Crippen molar-refractivity contribution in [3.63, 3.8) is 0 Å². The first-order valence-corrected chi connectivity index (χ1v) is 5.36. The lowest BCUT2D eigenvalue weighted by Gasteiger charge is -2.10. The number of hydrogen-bond donors (Lipinski definition) is 2. The van der Waals surface area contributed by atoms with Gasteiger partial charge < -0.3 is 10.4 Å². The van der Waals surface area contributed by atoms with Crippen LogP contribution in [0.15, 0.2) is 24.3 Å². The molecule has 0 radical (unpaired) electrons. The van der Waals surface area contributed by atoms with Gasteiger partial charge in [-0.1, -0.05) is 12.1 Å². The number of rotatable bonds is 4. The number of halogens is 1. The Bertz CT molecular complexity index is 310. The van der Waals surface area contributed by atoms with Gasteiger partial charge in [-0.2, -0.15) is 0 Å². The van der Waals surface area contributed by atoms with Crippen LogP contribution >= 0.6 is 22.6 Å². The van der Waals surface area contributed by atoms with E-state index in [1.807, 2.05) is 24.3 Å². The summed E-state index contributed by atoms with van der Waals surface area (Å²) in [5, 5.41) is 11.6. The Labute approximate surface area is 96.7 Å². The Balaban J connectivity index is 2.67. The highest BCUT2D eigenvalue weighted by molar-refractivity contribution is 14.1. The third-order valence-corrected chi connectivity index (χ3v) is 2.72. The highest BCUT2D eigenvalue weighted by atomic mass is 127. The Morgan fingerprint density at radius 3 is 2.50 bits per heavy atom. The molecule has 3 nitrogen and oxygen atoms in total. The smallest absolute Gasteiger partial charge is 0.321 e. The second kappa shape index (κ2) is 5.31. The molecule has 0 unspecified atom stereocenters. The molecule has 0 aliphatic heterocycles. The molecule has 0 amide bonds. The number of aliphatic carboxylic acids is 1. The molecule has 0 aliphatic carbocycles. The van der Waals surface area contributed by atoms with E-state index in [0.29, 0.717) is 6.42 Å². The topological polar surface area (TPSA) is 49.3 Å². The minimum atomic E-state index is -0.814. The van der Waals surface area contributed by atoms with Gasteiger partial charge in [-0.25, -0.2) is 0 Å². The van der Waals surface area contributed by atoms with E-state index in [2.05, 4.69) is 27.9 Å². The average Bonchev–Trinajstić information content (AvgIpc) is 2.16. The molecule has 0 bridgehead atoms. The molecule has 76 valence electrons. The maximum absolute atomic E-state index is 10.7. The van der Waals surface area contributed by atoms with Crippen LogP contribution in [0.4, 0.5) is 0 Å². The maximum atomic E-state index is 10.7. The Morgan fingerprint density at radius 2 is 2.07 bits per heavy atom. The minimum Gasteiger partial charge on any atom is -0.480 e. The summed E-state index contributed by atoms with van der Waals surface area (Å²) in [4.78, 5) is 10.7. The molecular formula is C10H12INO2. The van der Waals surface area contributed by atoms with Crippen molar-refractivity contribution in [2.75, 3.05) is 7.05 Å². The molecule has 0 spiro atoms. The van der Waals surface area contributed by atoms with Gasteiger partial charge in [0.15, 0.2) is 0 Å². The maximum Gasteiger partial charge on any atom is 0.321 e. The number of carboxylic acids is 1. The van der Waals surface area contributed by atoms with Crippen molar-refractivity contribution in [1.82, 2.24) is 5.32 Å². The van der Waals surface area contributed by atoms with Crippen LogP contribution in [0.2, 0.25) is 0 Å². The highest BCUT2D eigenvalue weighted by Gasteiger charge is 2.14. The lowest BCUT2D eigenvalue weighted by molar-refractivity contribution is -0.139. The second-order valence-corrected chi connectivity index (χ2v) is 4.26. The Kier molecular flexibility index (Phi) is 4.34. The summed E-state index contributed by atoms with van der Waals surface area (Å²) >= 11 is 2.22. The lowest BCUT2D eigenvalue weighted by Crippen LogP contribution is -2.35. The molecule has 14 heavy (non-hydrogen) atoms. The summed E-state index contributed by atoms with van der Waals surface area (Å²) in [5.74, 6) is -0.814. The summed E-state index contributed by atoms with van der Waals surface area (Å²) in [7, 11) is 1.66. The van der Waals surface area contributed by atoms with Gasteiger partial charge in [0.25, 0.3) is 0 Å². The molecule has 0 aromatic heterocycles. The predicted molar refractivity (Wildman–Crippen MR) is 63.3 cm³/mol. The monoisotopic (exact) mass is 305 g/mol. The number of likely N-dealkylation sites (N-methyl/N-ethyl adjacent to an activating group) is 1. The van der Waals surface area contributed by atoms with Gasteiger partial charge in [0.1, 0.15) is 6.04 Å². The highest BCUT2D eigenvalue weighted by Crippen LogP contribution is 2.08. The van der Waals surface area contributed by atoms with Crippen LogP contribution in [0.3, 0.4) is 0 Å². The zero-order chi connectivity index (χ0) is 10.6. The quantitative estimate of drug-likeness (QED) is 0.829. The van der Waals surface area contributed by atoms with Gasteiger partial charge >= 0.3 is 5.97 Å². The summed E-state index contributed by atoms with van der Waals surface area (Å²) in [6, 6.07) is 7.36. The molecule has 1 rings (SSSR count). The first-order valence-electron chi connectivity index (χ1n) is 4.28. The predicted octanol–water partition coefficient (Wildman–Crippen LogP) is 1.51. The zero-order valence-electron chi connectivity index (χ0n) is 7.83. The zero-order valence-corrected chi connectivity index (χ0v) is 9.98. The number of hydrogen-bond acceptors (Lipinski definition) is 2. The fourth-order valence-electron chi connectivity index (χ4n) is 1.17. The lowest BCUT2D eigenvalue weighted by atomic mass is 10.1. The molecule has 0 fully saturated rings. The van der Waals surface area contributed by atoms with Gasteiger partial charge in [-0.05, 0) is 53.8 Å². The van der Waals surface area contributed by atoms with E-state index >= 15 is 0 Å². The first kappa shape index (κ1) is 11.5. The summed E-state index contributed by atoms with van der Waals surface area (Å²) in [6.07, 6.45) is 0.517. The van der Waals surface area contributed by atoms with E-state index in [1.54, 1.807) is 7.05 Å². The SMILES string of the molecule is CN[C@@H](Cc1ccc(I)cc1)C(=O)O. The molecule has 1 aromatic carbocycles. The van der Waals surface area contributed by atoms with Crippen LogP contribution < -0.4 is 5.32 Å².